The summed E-state index contributed by atoms with van der Waals surface area (Å²) in [5, 5.41) is 12.1. The fourth-order valence-electron chi connectivity index (χ4n) is 2.94. The predicted octanol–water partition coefficient (Wildman–Crippen LogP) is 3.42. The molecule has 2 aromatic carbocycles. The maximum absolute atomic E-state index is 12.6. The molecule has 1 amide bonds. The van der Waals surface area contributed by atoms with E-state index in [9.17, 15) is 9.90 Å². The summed E-state index contributed by atoms with van der Waals surface area (Å²) in [6.07, 6.45) is 2.22. The number of carbonyl (C=O) groups is 1. The Morgan fingerprint density at radius 2 is 1.95 bits per heavy atom. The average molecular weight is 269 g/mol. The molecule has 1 atom stereocenters. The third kappa shape index (κ3) is 2.36. The van der Waals surface area contributed by atoms with Crippen LogP contribution in [0, 0.1) is 5.92 Å². The third-order valence-corrected chi connectivity index (χ3v) is 4.04. The van der Waals surface area contributed by atoms with Gasteiger partial charge in [-0.25, -0.2) is 0 Å². The molecule has 0 aliphatic carbocycles. The van der Waals surface area contributed by atoms with E-state index >= 15 is 0 Å². The molecule has 3 heteroatoms. The lowest BCUT2D eigenvalue weighted by molar-refractivity contribution is 0.0680. The van der Waals surface area contributed by atoms with Gasteiger partial charge in [-0.2, -0.15) is 0 Å². The fourth-order valence-corrected chi connectivity index (χ4v) is 2.94. The number of rotatable bonds is 1. The van der Waals surface area contributed by atoms with Crippen LogP contribution in [0.25, 0.3) is 10.8 Å². The van der Waals surface area contributed by atoms with Crippen molar-refractivity contribution in [3.05, 3.63) is 42.0 Å². The Hall–Kier alpha value is -2.03. The quantitative estimate of drug-likeness (QED) is 0.861. The van der Waals surface area contributed by atoms with Gasteiger partial charge < -0.3 is 10.0 Å². The number of piperidine rings is 1. The fraction of sp³-hybridized carbons (Fsp3) is 0.353. The zero-order valence-corrected chi connectivity index (χ0v) is 11.7. The summed E-state index contributed by atoms with van der Waals surface area (Å²) in [5.41, 5.74) is 0.415. The van der Waals surface area contributed by atoms with Gasteiger partial charge >= 0.3 is 0 Å². The molecule has 2 aromatic rings. The van der Waals surface area contributed by atoms with Gasteiger partial charge in [0.25, 0.3) is 5.91 Å². The number of phenolic OH excluding ortho intramolecular Hbond substituents is 1. The molecule has 0 radical (unpaired) electrons. The van der Waals surface area contributed by atoms with Crippen molar-refractivity contribution in [3.63, 3.8) is 0 Å². The minimum atomic E-state index is -0.0557. The maximum Gasteiger partial charge on any atom is 0.257 e. The topological polar surface area (TPSA) is 40.5 Å². The van der Waals surface area contributed by atoms with E-state index in [0.29, 0.717) is 11.5 Å². The summed E-state index contributed by atoms with van der Waals surface area (Å²) < 4.78 is 0. The monoisotopic (exact) mass is 269 g/mol. The summed E-state index contributed by atoms with van der Waals surface area (Å²) in [5.74, 6) is 0.557. The molecule has 1 fully saturated rings. The van der Waals surface area contributed by atoms with E-state index in [-0.39, 0.29) is 11.7 Å². The standard InChI is InChI=1S/C17H19NO2/c1-12-5-4-8-18(11-12)17(20)15-9-13-6-2-3-7-14(13)10-16(15)19/h2-3,6-7,9-10,12,19H,4-5,8,11H2,1H3. The summed E-state index contributed by atoms with van der Waals surface area (Å²) in [7, 11) is 0. The molecule has 3 nitrogen and oxygen atoms in total. The second-order valence-corrected chi connectivity index (χ2v) is 5.72. The van der Waals surface area contributed by atoms with Crippen molar-refractivity contribution in [2.75, 3.05) is 13.1 Å². The van der Waals surface area contributed by atoms with Crippen LogP contribution in [0.5, 0.6) is 5.75 Å². The van der Waals surface area contributed by atoms with Gasteiger partial charge in [-0.15, -0.1) is 0 Å². The van der Waals surface area contributed by atoms with E-state index in [1.165, 1.54) is 6.42 Å². The van der Waals surface area contributed by atoms with Crippen LogP contribution in [0.2, 0.25) is 0 Å². The van der Waals surface area contributed by atoms with Crippen LogP contribution in [0.1, 0.15) is 30.1 Å². The van der Waals surface area contributed by atoms with Gasteiger partial charge in [0, 0.05) is 13.1 Å². The number of hydrogen-bond donors (Lipinski definition) is 1. The van der Waals surface area contributed by atoms with Crippen molar-refractivity contribution in [3.8, 4) is 5.75 Å². The highest BCUT2D eigenvalue weighted by atomic mass is 16.3. The molecule has 1 aliphatic heterocycles. The number of nitrogens with zero attached hydrogens (tertiary/aromatic N) is 1. The van der Waals surface area contributed by atoms with E-state index in [1.807, 2.05) is 29.2 Å². The lowest BCUT2D eigenvalue weighted by atomic mass is 9.98. The van der Waals surface area contributed by atoms with Crippen LogP contribution in [0.4, 0.5) is 0 Å². The minimum Gasteiger partial charge on any atom is -0.507 e. The smallest absolute Gasteiger partial charge is 0.257 e. The lowest BCUT2D eigenvalue weighted by Crippen LogP contribution is -2.39. The van der Waals surface area contributed by atoms with Gasteiger partial charge in [-0.05, 0) is 41.7 Å². The zero-order chi connectivity index (χ0) is 14.1. The van der Waals surface area contributed by atoms with E-state index in [2.05, 4.69) is 6.92 Å². The molecule has 104 valence electrons. The first-order valence-corrected chi connectivity index (χ1v) is 7.16. The Morgan fingerprint density at radius 1 is 1.25 bits per heavy atom. The molecular formula is C17H19NO2. The van der Waals surface area contributed by atoms with Gasteiger partial charge in [0.2, 0.25) is 0 Å². The Bertz CT molecular complexity index is 650. The largest absolute Gasteiger partial charge is 0.507 e. The molecule has 0 aromatic heterocycles. The third-order valence-electron chi connectivity index (χ3n) is 4.04. The SMILES string of the molecule is CC1CCCN(C(=O)c2cc3ccccc3cc2O)C1. The number of hydrogen-bond acceptors (Lipinski definition) is 2. The number of fused-ring (bicyclic) bond motifs is 1. The van der Waals surface area contributed by atoms with Crippen molar-refractivity contribution in [2.45, 2.75) is 19.8 Å². The number of carbonyl (C=O) groups excluding carboxylic acids is 1. The van der Waals surface area contributed by atoms with Crippen LogP contribution < -0.4 is 0 Å². The molecule has 0 saturated carbocycles. The first-order valence-electron chi connectivity index (χ1n) is 7.16. The van der Waals surface area contributed by atoms with Gasteiger partial charge in [0.05, 0.1) is 5.56 Å². The number of phenols is 1. The summed E-state index contributed by atoms with van der Waals surface area (Å²) >= 11 is 0. The molecule has 0 bridgehead atoms. The number of benzene rings is 2. The van der Waals surface area contributed by atoms with Gasteiger partial charge in [-0.1, -0.05) is 31.2 Å². The molecule has 1 heterocycles. The zero-order valence-electron chi connectivity index (χ0n) is 11.7. The minimum absolute atomic E-state index is 0.0557. The van der Waals surface area contributed by atoms with Crippen LogP contribution in [0.15, 0.2) is 36.4 Å². The number of likely N-dealkylation sites (tertiary alicyclic amines) is 1. The summed E-state index contributed by atoms with van der Waals surface area (Å²) in [6, 6.07) is 11.2. The van der Waals surface area contributed by atoms with Gasteiger partial charge in [0.15, 0.2) is 0 Å². The van der Waals surface area contributed by atoms with Crippen LogP contribution in [0.3, 0.4) is 0 Å². The van der Waals surface area contributed by atoms with E-state index in [4.69, 9.17) is 0 Å². The molecule has 1 N–H and O–H groups in total. The molecule has 1 saturated heterocycles. The summed E-state index contributed by atoms with van der Waals surface area (Å²) in [4.78, 5) is 14.4. The average Bonchev–Trinajstić information content (AvgIpc) is 2.46. The second kappa shape index (κ2) is 5.16. The van der Waals surface area contributed by atoms with Gasteiger partial charge in [0.1, 0.15) is 5.75 Å². The lowest BCUT2D eigenvalue weighted by Gasteiger charge is -2.31. The van der Waals surface area contributed by atoms with E-state index in [0.717, 1.165) is 30.3 Å². The predicted molar refractivity (Wildman–Crippen MR) is 79.9 cm³/mol. The molecule has 3 rings (SSSR count). The van der Waals surface area contributed by atoms with Crippen molar-refractivity contribution in [2.24, 2.45) is 5.92 Å². The second-order valence-electron chi connectivity index (χ2n) is 5.72. The molecule has 20 heavy (non-hydrogen) atoms. The van der Waals surface area contributed by atoms with Crippen LogP contribution in [-0.4, -0.2) is 29.0 Å². The number of amides is 1. The van der Waals surface area contributed by atoms with Crippen molar-refractivity contribution < 1.29 is 9.90 Å². The van der Waals surface area contributed by atoms with E-state index < -0.39 is 0 Å². The molecule has 1 aliphatic rings. The molecular weight excluding hydrogens is 250 g/mol. The maximum atomic E-state index is 12.6. The summed E-state index contributed by atoms with van der Waals surface area (Å²) in [6.45, 7) is 3.74. The highest BCUT2D eigenvalue weighted by Gasteiger charge is 2.24. The van der Waals surface area contributed by atoms with Crippen LogP contribution in [-0.2, 0) is 0 Å². The van der Waals surface area contributed by atoms with Crippen molar-refractivity contribution in [1.82, 2.24) is 4.90 Å². The Balaban J connectivity index is 1.96. The highest BCUT2D eigenvalue weighted by molar-refractivity contribution is 6.01. The Kier molecular flexibility index (Phi) is 3.35. The van der Waals surface area contributed by atoms with Crippen molar-refractivity contribution >= 4 is 16.7 Å². The van der Waals surface area contributed by atoms with Crippen molar-refractivity contribution in [1.29, 1.82) is 0 Å². The normalized spacial score (nSPS) is 19.2. The first-order chi connectivity index (χ1) is 9.65. The van der Waals surface area contributed by atoms with Gasteiger partial charge in [-0.3, -0.25) is 4.79 Å². The first kappa shape index (κ1) is 13.0. The van der Waals surface area contributed by atoms with E-state index in [1.54, 1.807) is 12.1 Å². The Morgan fingerprint density at radius 3 is 2.65 bits per heavy atom. The molecule has 0 spiro atoms. The molecule has 1 unspecified atom stereocenters. The number of aromatic hydroxyl groups is 1. The Labute approximate surface area is 118 Å². The highest BCUT2D eigenvalue weighted by Crippen LogP contribution is 2.27. The van der Waals surface area contributed by atoms with Crippen LogP contribution >= 0.6 is 0 Å².